The summed E-state index contributed by atoms with van der Waals surface area (Å²) in [6.45, 7) is 3.41. The Balaban J connectivity index is 1.55. The second-order valence-corrected chi connectivity index (χ2v) is 5.37. The van der Waals surface area contributed by atoms with Gasteiger partial charge < -0.3 is 10.2 Å². The van der Waals surface area contributed by atoms with Crippen LogP contribution in [0.3, 0.4) is 0 Å². The second kappa shape index (κ2) is 5.53. The van der Waals surface area contributed by atoms with Crippen molar-refractivity contribution in [1.82, 2.24) is 15.2 Å². The fourth-order valence-electron chi connectivity index (χ4n) is 3.01. The Hall–Kier alpha value is -1.68. The van der Waals surface area contributed by atoms with Crippen LogP contribution < -0.4 is 5.32 Å². The number of amides is 1. The van der Waals surface area contributed by atoms with Crippen molar-refractivity contribution in [1.29, 1.82) is 0 Å². The molecule has 0 aromatic carbocycles. The van der Waals surface area contributed by atoms with Crippen LogP contribution in [0.4, 0.5) is 0 Å². The van der Waals surface area contributed by atoms with Gasteiger partial charge in [0.1, 0.15) is 0 Å². The third-order valence-electron chi connectivity index (χ3n) is 4.12. The Morgan fingerprint density at radius 2 is 2.05 bits per heavy atom. The Kier molecular flexibility index (Phi) is 3.60. The molecule has 3 saturated heterocycles. The second-order valence-electron chi connectivity index (χ2n) is 5.37. The third kappa shape index (κ3) is 3.01. The molecule has 1 aromatic rings. The number of nitrogens with zero attached hydrogens (tertiary/aromatic N) is 2. The van der Waals surface area contributed by atoms with E-state index < -0.39 is 0 Å². The van der Waals surface area contributed by atoms with E-state index in [0.717, 1.165) is 12.1 Å². The van der Waals surface area contributed by atoms with Crippen molar-refractivity contribution in [3.8, 4) is 0 Å². The maximum absolute atomic E-state index is 11.9. The summed E-state index contributed by atoms with van der Waals surface area (Å²) in [5.74, 6) is 0.679. The third-order valence-corrected chi connectivity index (χ3v) is 4.12. The van der Waals surface area contributed by atoms with Crippen molar-refractivity contribution in [2.75, 3.05) is 19.6 Å². The number of fused-ring (bicyclic) bond motifs is 3. The van der Waals surface area contributed by atoms with Crippen molar-refractivity contribution in [2.45, 2.75) is 18.9 Å². The zero-order valence-electron chi connectivity index (χ0n) is 11.0. The number of nitrogens with one attached hydrogen (secondary N) is 1. The molecule has 0 aliphatic carbocycles. The molecule has 1 atom stereocenters. The van der Waals surface area contributed by atoms with Gasteiger partial charge in [0, 0.05) is 31.1 Å². The van der Waals surface area contributed by atoms with Gasteiger partial charge in [-0.25, -0.2) is 0 Å². The Bertz CT molecular complexity index is 464. The minimum absolute atomic E-state index is 0.00978. The lowest BCUT2D eigenvalue weighted by Crippen LogP contribution is -2.57. The van der Waals surface area contributed by atoms with Crippen LogP contribution in [0.5, 0.6) is 0 Å². The number of carbonyl (C=O) groups is 1. The fourth-order valence-corrected chi connectivity index (χ4v) is 3.01. The quantitative estimate of drug-likeness (QED) is 0.830. The van der Waals surface area contributed by atoms with E-state index in [9.17, 15) is 4.79 Å². The minimum atomic E-state index is 0.00978. The van der Waals surface area contributed by atoms with E-state index in [2.05, 4.69) is 15.2 Å². The molecule has 4 rings (SSSR count). The van der Waals surface area contributed by atoms with Crippen LogP contribution in [-0.2, 0) is 4.79 Å². The van der Waals surface area contributed by atoms with Gasteiger partial charge in [-0.2, -0.15) is 0 Å². The Morgan fingerprint density at radius 3 is 2.68 bits per heavy atom. The molecule has 1 aromatic heterocycles. The van der Waals surface area contributed by atoms with Crippen molar-refractivity contribution in [3.05, 3.63) is 36.2 Å². The van der Waals surface area contributed by atoms with Gasteiger partial charge in [0.05, 0.1) is 0 Å². The molecule has 3 aliphatic heterocycles. The summed E-state index contributed by atoms with van der Waals surface area (Å²) in [4.78, 5) is 18.3. The minimum Gasteiger partial charge on any atom is -0.348 e. The molecule has 4 nitrogen and oxygen atoms in total. The van der Waals surface area contributed by atoms with Crippen LogP contribution in [-0.4, -0.2) is 41.5 Å². The van der Waals surface area contributed by atoms with Gasteiger partial charge in [0.2, 0.25) is 5.91 Å². The lowest BCUT2D eigenvalue weighted by Gasteiger charge is -2.44. The highest BCUT2D eigenvalue weighted by molar-refractivity contribution is 5.91. The molecular formula is C15H19N3O. The molecule has 1 amide bonds. The summed E-state index contributed by atoms with van der Waals surface area (Å²) in [5.41, 5.74) is 0.999. The predicted molar refractivity (Wildman–Crippen MR) is 74.4 cm³/mol. The van der Waals surface area contributed by atoms with Gasteiger partial charge in [0.15, 0.2) is 0 Å². The van der Waals surface area contributed by atoms with Crippen molar-refractivity contribution in [3.63, 3.8) is 0 Å². The normalized spacial score (nSPS) is 29.6. The summed E-state index contributed by atoms with van der Waals surface area (Å²) in [6, 6.07) is 4.10. The van der Waals surface area contributed by atoms with Crippen LogP contribution in [0.25, 0.3) is 6.08 Å². The molecule has 3 fully saturated rings. The average molecular weight is 257 g/mol. The van der Waals surface area contributed by atoms with E-state index in [0.29, 0.717) is 12.0 Å². The van der Waals surface area contributed by atoms with E-state index >= 15 is 0 Å². The largest absolute Gasteiger partial charge is 0.348 e. The van der Waals surface area contributed by atoms with Crippen LogP contribution in [0.15, 0.2) is 30.6 Å². The summed E-state index contributed by atoms with van der Waals surface area (Å²) in [5, 5.41) is 3.14. The van der Waals surface area contributed by atoms with E-state index in [1.807, 2.05) is 18.2 Å². The van der Waals surface area contributed by atoms with E-state index in [1.165, 1.54) is 25.9 Å². The molecule has 0 saturated carbocycles. The summed E-state index contributed by atoms with van der Waals surface area (Å²) in [7, 11) is 0. The van der Waals surface area contributed by atoms with Crippen LogP contribution >= 0.6 is 0 Å². The lowest BCUT2D eigenvalue weighted by atomic mass is 9.84. The number of rotatable bonds is 3. The van der Waals surface area contributed by atoms with Crippen molar-refractivity contribution < 1.29 is 4.79 Å². The predicted octanol–water partition coefficient (Wildman–Crippen LogP) is 1.31. The van der Waals surface area contributed by atoms with Gasteiger partial charge >= 0.3 is 0 Å². The van der Waals surface area contributed by atoms with Gasteiger partial charge in [-0.1, -0.05) is 0 Å². The highest BCUT2D eigenvalue weighted by atomic mass is 16.1. The first-order chi connectivity index (χ1) is 9.31. The standard InChI is InChI=1S/C15H19N3O/c19-15(2-1-12-3-7-16-8-4-12)17-14-11-18-9-5-13(14)6-10-18/h1-4,7-8,13-14H,5-6,9-11H2,(H,17,19)/b2-1+. The Morgan fingerprint density at radius 1 is 1.32 bits per heavy atom. The van der Waals surface area contributed by atoms with Crippen LogP contribution in [0.2, 0.25) is 0 Å². The number of hydrogen-bond donors (Lipinski definition) is 1. The Labute approximate surface area is 113 Å². The first-order valence-electron chi connectivity index (χ1n) is 6.92. The molecule has 1 N–H and O–H groups in total. The first-order valence-corrected chi connectivity index (χ1v) is 6.92. The van der Waals surface area contributed by atoms with E-state index in [-0.39, 0.29) is 5.91 Å². The number of carbonyl (C=O) groups excluding carboxylic acids is 1. The molecule has 1 unspecified atom stereocenters. The molecule has 4 heteroatoms. The fraction of sp³-hybridized carbons (Fsp3) is 0.467. The van der Waals surface area contributed by atoms with E-state index in [1.54, 1.807) is 18.5 Å². The van der Waals surface area contributed by atoms with Gasteiger partial charge in [0.25, 0.3) is 0 Å². The molecule has 3 aliphatic rings. The van der Waals surface area contributed by atoms with Gasteiger partial charge in [-0.05, 0) is 55.6 Å². The lowest BCUT2D eigenvalue weighted by molar-refractivity contribution is -0.118. The summed E-state index contributed by atoms with van der Waals surface area (Å²) < 4.78 is 0. The van der Waals surface area contributed by atoms with Crippen molar-refractivity contribution in [2.24, 2.45) is 5.92 Å². The van der Waals surface area contributed by atoms with Crippen molar-refractivity contribution >= 4 is 12.0 Å². The molecule has 0 spiro atoms. The first kappa shape index (κ1) is 12.4. The smallest absolute Gasteiger partial charge is 0.244 e. The summed E-state index contributed by atoms with van der Waals surface area (Å²) >= 11 is 0. The topological polar surface area (TPSA) is 45.2 Å². The number of hydrogen-bond acceptors (Lipinski definition) is 3. The maximum Gasteiger partial charge on any atom is 0.244 e. The highest BCUT2D eigenvalue weighted by Gasteiger charge is 2.34. The number of piperidine rings is 3. The molecule has 4 heterocycles. The molecule has 19 heavy (non-hydrogen) atoms. The average Bonchev–Trinajstić information content (AvgIpc) is 2.47. The van der Waals surface area contributed by atoms with E-state index in [4.69, 9.17) is 0 Å². The van der Waals surface area contributed by atoms with Crippen LogP contribution in [0, 0.1) is 5.92 Å². The number of aromatic nitrogens is 1. The monoisotopic (exact) mass is 257 g/mol. The van der Waals surface area contributed by atoms with Gasteiger partial charge in [-0.15, -0.1) is 0 Å². The SMILES string of the molecule is O=C(/C=C/c1ccncc1)NC1CN2CCC1CC2. The highest BCUT2D eigenvalue weighted by Crippen LogP contribution is 2.27. The molecule has 2 bridgehead atoms. The molecule has 0 radical (unpaired) electrons. The zero-order chi connectivity index (χ0) is 13.1. The molecule has 100 valence electrons. The molecular weight excluding hydrogens is 238 g/mol. The maximum atomic E-state index is 11.9. The van der Waals surface area contributed by atoms with Gasteiger partial charge in [-0.3, -0.25) is 9.78 Å². The summed E-state index contributed by atoms with van der Waals surface area (Å²) in [6.07, 6.45) is 9.35. The van der Waals surface area contributed by atoms with Crippen LogP contribution in [0.1, 0.15) is 18.4 Å². The zero-order valence-corrected chi connectivity index (χ0v) is 11.0. The number of pyridine rings is 1.